The minimum absolute atomic E-state index is 0.220. The Kier molecular flexibility index (Phi) is 4.09. The van der Waals surface area contributed by atoms with E-state index in [-0.39, 0.29) is 11.8 Å². The largest absolute Gasteiger partial charge is 0.495 e. The van der Waals surface area contributed by atoms with Crippen molar-refractivity contribution in [1.29, 1.82) is 0 Å². The molecule has 1 atom stereocenters. The molecule has 1 aliphatic heterocycles. The third-order valence-corrected chi connectivity index (χ3v) is 3.90. The lowest BCUT2D eigenvalue weighted by atomic mass is 10.1. The molecule has 5 nitrogen and oxygen atoms in total. The van der Waals surface area contributed by atoms with E-state index in [1.807, 2.05) is 19.1 Å². The van der Waals surface area contributed by atoms with Gasteiger partial charge in [0.25, 0.3) is 0 Å². The van der Waals surface area contributed by atoms with Crippen molar-refractivity contribution in [3.05, 3.63) is 22.2 Å². The molecule has 2 N–H and O–H groups in total. The second-order valence-electron chi connectivity index (χ2n) is 4.45. The number of carbonyl (C=O) groups is 2. The number of ether oxygens (including phenoxy) is 1. The van der Waals surface area contributed by atoms with Crippen LogP contribution in [0.5, 0.6) is 5.75 Å². The van der Waals surface area contributed by atoms with Crippen LogP contribution < -0.4 is 15.4 Å². The maximum absolute atomic E-state index is 11.7. The van der Waals surface area contributed by atoms with Crippen LogP contribution in [-0.2, 0) is 9.59 Å². The summed E-state index contributed by atoms with van der Waals surface area (Å²) in [5.41, 5.74) is 1.79. The summed E-state index contributed by atoms with van der Waals surface area (Å²) >= 11 is 3.43. The highest BCUT2D eigenvalue weighted by Gasteiger charge is 2.27. The summed E-state index contributed by atoms with van der Waals surface area (Å²) < 4.78 is 6.23. The Balaban J connectivity index is 2.21. The number of anilines is 1. The minimum Gasteiger partial charge on any atom is -0.495 e. The normalized spacial score (nSPS) is 19.0. The van der Waals surface area contributed by atoms with Gasteiger partial charge in [-0.05, 0) is 31.0 Å². The van der Waals surface area contributed by atoms with E-state index in [1.165, 1.54) is 0 Å². The summed E-state index contributed by atoms with van der Waals surface area (Å²) in [6.45, 7) is 1.96. The Morgan fingerprint density at radius 2 is 2.16 bits per heavy atom. The number of hydrogen-bond donors (Lipinski definition) is 2. The Morgan fingerprint density at radius 3 is 2.79 bits per heavy atom. The molecule has 0 aliphatic carbocycles. The molecule has 19 heavy (non-hydrogen) atoms. The smallest absolute Gasteiger partial charge is 0.249 e. The molecule has 2 rings (SSSR count). The summed E-state index contributed by atoms with van der Waals surface area (Å²) in [7, 11) is 1.58. The zero-order chi connectivity index (χ0) is 14.0. The second kappa shape index (κ2) is 5.61. The van der Waals surface area contributed by atoms with Crippen LogP contribution >= 0.6 is 15.9 Å². The predicted octanol–water partition coefficient (Wildman–Crippen LogP) is 1.98. The Labute approximate surface area is 119 Å². The molecule has 1 saturated heterocycles. The summed E-state index contributed by atoms with van der Waals surface area (Å²) in [6.07, 6.45) is 0.837. The first kappa shape index (κ1) is 13.9. The highest BCUT2D eigenvalue weighted by atomic mass is 79.9. The molecule has 2 amide bonds. The number of aryl methyl sites for hydroxylation is 1. The van der Waals surface area contributed by atoms with E-state index in [0.717, 1.165) is 15.7 Å². The van der Waals surface area contributed by atoms with E-state index in [2.05, 4.69) is 26.6 Å². The summed E-state index contributed by atoms with van der Waals surface area (Å²) in [5, 5.41) is 5.45. The number of amides is 2. The summed E-state index contributed by atoms with van der Waals surface area (Å²) in [6, 6.07) is 3.35. The quantitative estimate of drug-likeness (QED) is 0.833. The number of carbonyl (C=O) groups excluding carboxylic acids is 2. The van der Waals surface area contributed by atoms with E-state index in [4.69, 9.17) is 4.74 Å². The predicted molar refractivity (Wildman–Crippen MR) is 75.2 cm³/mol. The molecule has 6 heteroatoms. The number of imide groups is 1. The van der Waals surface area contributed by atoms with E-state index >= 15 is 0 Å². The zero-order valence-corrected chi connectivity index (χ0v) is 12.3. The number of halogens is 1. The number of rotatable bonds is 3. The topological polar surface area (TPSA) is 67.4 Å². The lowest BCUT2D eigenvalue weighted by Crippen LogP contribution is -2.47. The van der Waals surface area contributed by atoms with Gasteiger partial charge in [-0.15, -0.1) is 0 Å². The van der Waals surface area contributed by atoms with Crippen molar-refractivity contribution in [2.24, 2.45) is 0 Å². The third-order valence-electron chi connectivity index (χ3n) is 3.05. The van der Waals surface area contributed by atoms with Crippen LogP contribution in [0, 0.1) is 6.92 Å². The first-order valence-electron chi connectivity index (χ1n) is 5.95. The molecule has 0 radical (unpaired) electrons. The summed E-state index contributed by atoms with van der Waals surface area (Å²) in [4.78, 5) is 22.8. The molecule has 1 aromatic carbocycles. The fourth-order valence-electron chi connectivity index (χ4n) is 1.96. The Hall–Kier alpha value is -1.56. The highest BCUT2D eigenvalue weighted by molar-refractivity contribution is 9.10. The monoisotopic (exact) mass is 326 g/mol. The van der Waals surface area contributed by atoms with Gasteiger partial charge in [-0.3, -0.25) is 14.9 Å². The van der Waals surface area contributed by atoms with Gasteiger partial charge in [-0.1, -0.05) is 15.9 Å². The number of piperidine rings is 1. The molecule has 1 aromatic rings. The van der Waals surface area contributed by atoms with Crippen molar-refractivity contribution in [1.82, 2.24) is 5.32 Å². The van der Waals surface area contributed by atoms with E-state index in [9.17, 15) is 9.59 Å². The average Bonchev–Trinajstić information content (AvgIpc) is 2.36. The van der Waals surface area contributed by atoms with E-state index in [0.29, 0.717) is 18.6 Å². The van der Waals surface area contributed by atoms with Gasteiger partial charge in [0.15, 0.2) is 0 Å². The molecule has 0 aromatic heterocycles. The van der Waals surface area contributed by atoms with Crippen molar-refractivity contribution in [2.75, 3.05) is 12.4 Å². The van der Waals surface area contributed by atoms with Gasteiger partial charge in [0.1, 0.15) is 11.8 Å². The van der Waals surface area contributed by atoms with E-state index in [1.54, 1.807) is 7.11 Å². The third kappa shape index (κ3) is 3.07. The fraction of sp³-hybridized carbons (Fsp3) is 0.385. The minimum atomic E-state index is -0.410. The Bertz CT molecular complexity index is 531. The SMILES string of the molecule is COc1cc(Br)c(C)cc1NC1CCC(=O)NC1=O. The van der Waals surface area contributed by atoms with Crippen LogP contribution in [0.1, 0.15) is 18.4 Å². The second-order valence-corrected chi connectivity index (χ2v) is 5.30. The molecule has 1 aliphatic rings. The molecule has 1 fully saturated rings. The average molecular weight is 327 g/mol. The van der Waals surface area contributed by atoms with Gasteiger partial charge in [-0.2, -0.15) is 0 Å². The highest BCUT2D eigenvalue weighted by Crippen LogP contribution is 2.32. The van der Waals surface area contributed by atoms with Gasteiger partial charge in [-0.25, -0.2) is 0 Å². The molecule has 102 valence electrons. The van der Waals surface area contributed by atoms with Gasteiger partial charge in [0.05, 0.1) is 12.8 Å². The van der Waals surface area contributed by atoms with Gasteiger partial charge in [0.2, 0.25) is 11.8 Å². The van der Waals surface area contributed by atoms with Crippen molar-refractivity contribution in [3.8, 4) is 5.75 Å². The molecule has 0 bridgehead atoms. The van der Waals surface area contributed by atoms with Crippen LogP contribution in [0.25, 0.3) is 0 Å². The maximum atomic E-state index is 11.7. The molecule has 1 heterocycles. The van der Waals surface area contributed by atoms with Crippen LogP contribution in [0.4, 0.5) is 5.69 Å². The van der Waals surface area contributed by atoms with Crippen molar-refractivity contribution < 1.29 is 14.3 Å². The molecule has 0 saturated carbocycles. The number of benzene rings is 1. The number of hydrogen-bond acceptors (Lipinski definition) is 4. The van der Waals surface area contributed by atoms with Gasteiger partial charge < -0.3 is 10.1 Å². The van der Waals surface area contributed by atoms with Crippen molar-refractivity contribution in [2.45, 2.75) is 25.8 Å². The zero-order valence-electron chi connectivity index (χ0n) is 10.7. The molecular weight excluding hydrogens is 312 g/mol. The maximum Gasteiger partial charge on any atom is 0.249 e. The van der Waals surface area contributed by atoms with Gasteiger partial charge >= 0.3 is 0 Å². The van der Waals surface area contributed by atoms with Crippen LogP contribution in [0.3, 0.4) is 0 Å². The van der Waals surface area contributed by atoms with Gasteiger partial charge in [0, 0.05) is 10.9 Å². The first-order chi connectivity index (χ1) is 9.01. The van der Waals surface area contributed by atoms with Crippen LogP contribution in [0.2, 0.25) is 0 Å². The molecular formula is C13H15BrN2O3. The Morgan fingerprint density at radius 1 is 1.42 bits per heavy atom. The van der Waals surface area contributed by atoms with Crippen molar-refractivity contribution in [3.63, 3.8) is 0 Å². The number of nitrogens with one attached hydrogen (secondary N) is 2. The number of methoxy groups -OCH3 is 1. The lowest BCUT2D eigenvalue weighted by molar-refractivity contribution is -0.133. The standard InChI is InChI=1S/C13H15BrN2O3/c1-7-5-10(11(19-2)6-8(7)14)15-9-3-4-12(17)16-13(9)18/h5-6,9,15H,3-4H2,1-2H3,(H,16,17,18). The summed E-state index contributed by atoms with van der Waals surface area (Å²) in [5.74, 6) is 0.142. The van der Waals surface area contributed by atoms with Crippen molar-refractivity contribution >= 4 is 33.4 Å². The fourth-order valence-corrected chi connectivity index (χ4v) is 2.29. The lowest BCUT2D eigenvalue weighted by Gasteiger charge is -2.24. The first-order valence-corrected chi connectivity index (χ1v) is 6.75. The molecule has 0 spiro atoms. The van der Waals surface area contributed by atoms with Crippen LogP contribution in [-0.4, -0.2) is 25.0 Å². The van der Waals surface area contributed by atoms with E-state index < -0.39 is 6.04 Å². The van der Waals surface area contributed by atoms with Crippen LogP contribution in [0.15, 0.2) is 16.6 Å². The molecule has 1 unspecified atom stereocenters.